The van der Waals surface area contributed by atoms with Gasteiger partial charge in [0.2, 0.25) is 0 Å². The Bertz CT molecular complexity index is 377. The molecule has 0 atom stereocenters. The Morgan fingerprint density at radius 2 is 2.25 bits per heavy atom. The molecule has 0 aliphatic carbocycles. The number of oxime groups is 1. The maximum absolute atomic E-state index is 8.56. The predicted molar refractivity (Wildman–Crippen MR) is 60.8 cm³/mol. The normalized spacial score (nSPS) is 11.5. The lowest BCUT2D eigenvalue weighted by molar-refractivity contribution is 0.0220. The van der Waals surface area contributed by atoms with Crippen molar-refractivity contribution in [3.63, 3.8) is 0 Å². The second kappa shape index (κ2) is 5.97. The molecule has 0 fully saturated rings. The lowest BCUT2D eigenvalue weighted by Gasteiger charge is -2.10. The van der Waals surface area contributed by atoms with Crippen LogP contribution in [0.15, 0.2) is 23.4 Å². The van der Waals surface area contributed by atoms with E-state index in [1.54, 1.807) is 12.1 Å². The molecule has 0 heterocycles. The van der Waals surface area contributed by atoms with Crippen molar-refractivity contribution < 1.29 is 14.7 Å². The second-order valence-electron chi connectivity index (χ2n) is 3.22. The van der Waals surface area contributed by atoms with Crippen molar-refractivity contribution >= 4 is 5.84 Å². The van der Waals surface area contributed by atoms with Crippen molar-refractivity contribution in [1.29, 1.82) is 0 Å². The van der Waals surface area contributed by atoms with E-state index in [1.165, 1.54) is 0 Å². The summed E-state index contributed by atoms with van der Waals surface area (Å²) in [6, 6.07) is 5.32. The fraction of sp³-hybridized carbons (Fsp3) is 0.364. The van der Waals surface area contributed by atoms with Crippen LogP contribution in [-0.2, 0) is 4.74 Å². The monoisotopic (exact) mass is 224 g/mol. The first-order valence-corrected chi connectivity index (χ1v) is 4.98. The molecule has 0 amide bonds. The van der Waals surface area contributed by atoms with Crippen LogP contribution >= 0.6 is 0 Å². The van der Waals surface area contributed by atoms with E-state index in [-0.39, 0.29) is 12.6 Å². The van der Waals surface area contributed by atoms with Gasteiger partial charge < -0.3 is 20.4 Å². The van der Waals surface area contributed by atoms with Crippen molar-refractivity contribution in [2.75, 3.05) is 13.4 Å². The van der Waals surface area contributed by atoms with Crippen LogP contribution in [-0.4, -0.2) is 24.4 Å². The number of nitrogens with two attached hydrogens (primary N) is 1. The summed E-state index contributed by atoms with van der Waals surface area (Å²) < 4.78 is 10.5. The second-order valence-corrected chi connectivity index (χ2v) is 3.22. The minimum absolute atomic E-state index is 0.0567. The maximum atomic E-state index is 8.56. The van der Waals surface area contributed by atoms with Gasteiger partial charge in [0, 0.05) is 12.2 Å². The number of amidine groups is 1. The van der Waals surface area contributed by atoms with Crippen molar-refractivity contribution in [3.8, 4) is 5.75 Å². The third-order valence-electron chi connectivity index (χ3n) is 2.09. The third-order valence-corrected chi connectivity index (χ3v) is 2.09. The molecule has 0 aliphatic rings. The molecule has 0 aliphatic heterocycles. The standard InChI is InChI=1S/C11H16N2O3/c1-3-15-7-16-10-6-9(11(12)13-14)5-4-8(10)2/h4-6,14H,3,7H2,1-2H3,(H2,12,13). The highest BCUT2D eigenvalue weighted by Crippen LogP contribution is 2.19. The Hall–Kier alpha value is -1.75. The summed E-state index contributed by atoms with van der Waals surface area (Å²) in [5.74, 6) is 0.721. The first-order chi connectivity index (χ1) is 7.69. The summed E-state index contributed by atoms with van der Waals surface area (Å²) in [6.07, 6.45) is 0. The highest BCUT2D eigenvalue weighted by Gasteiger charge is 2.04. The van der Waals surface area contributed by atoms with E-state index in [2.05, 4.69) is 5.16 Å². The molecular weight excluding hydrogens is 208 g/mol. The largest absolute Gasteiger partial charge is 0.467 e. The van der Waals surface area contributed by atoms with Crippen molar-refractivity contribution in [2.24, 2.45) is 10.9 Å². The minimum atomic E-state index is 0.0567. The summed E-state index contributed by atoms with van der Waals surface area (Å²) in [7, 11) is 0. The van der Waals surface area contributed by atoms with E-state index in [0.717, 1.165) is 5.56 Å². The van der Waals surface area contributed by atoms with Gasteiger partial charge in [-0.25, -0.2) is 0 Å². The summed E-state index contributed by atoms with van der Waals surface area (Å²) in [5.41, 5.74) is 7.06. The van der Waals surface area contributed by atoms with Crippen LogP contribution in [0, 0.1) is 6.92 Å². The number of nitrogens with zero attached hydrogens (tertiary/aromatic N) is 1. The summed E-state index contributed by atoms with van der Waals surface area (Å²) in [4.78, 5) is 0. The van der Waals surface area contributed by atoms with E-state index >= 15 is 0 Å². The van der Waals surface area contributed by atoms with Crippen LogP contribution in [0.5, 0.6) is 5.75 Å². The molecule has 1 rings (SSSR count). The number of hydrogen-bond acceptors (Lipinski definition) is 4. The Balaban J connectivity index is 2.82. The first kappa shape index (κ1) is 12.3. The lowest BCUT2D eigenvalue weighted by atomic mass is 10.1. The van der Waals surface area contributed by atoms with E-state index in [0.29, 0.717) is 17.9 Å². The zero-order chi connectivity index (χ0) is 12.0. The zero-order valence-electron chi connectivity index (χ0n) is 9.43. The molecule has 0 spiro atoms. The van der Waals surface area contributed by atoms with Gasteiger partial charge in [0.1, 0.15) is 5.75 Å². The molecule has 16 heavy (non-hydrogen) atoms. The molecular formula is C11H16N2O3. The lowest BCUT2D eigenvalue weighted by Crippen LogP contribution is -2.13. The van der Waals surface area contributed by atoms with Gasteiger partial charge in [-0.05, 0) is 25.5 Å². The van der Waals surface area contributed by atoms with Gasteiger partial charge in [-0.2, -0.15) is 0 Å². The number of ether oxygens (including phenoxy) is 2. The summed E-state index contributed by atoms with van der Waals surface area (Å²) >= 11 is 0. The SMILES string of the molecule is CCOCOc1cc(/C(N)=N/O)ccc1C. The van der Waals surface area contributed by atoms with Gasteiger partial charge in [-0.3, -0.25) is 0 Å². The van der Waals surface area contributed by atoms with Gasteiger partial charge in [0.15, 0.2) is 12.6 Å². The zero-order valence-corrected chi connectivity index (χ0v) is 9.43. The average molecular weight is 224 g/mol. The molecule has 3 N–H and O–H groups in total. The molecule has 0 bridgehead atoms. The van der Waals surface area contributed by atoms with Crippen LogP contribution in [0.1, 0.15) is 18.1 Å². The molecule has 0 aromatic heterocycles. The highest BCUT2D eigenvalue weighted by molar-refractivity contribution is 5.97. The molecule has 1 aromatic rings. The van der Waals surface area contributed by atoms with Crippen LogP contribution in [0.25, 0.3) is 0 Å². The number of rotatable bonds is 5. The highest BCUT2D eigenvalue weighted by atomic mass is 16.7. The Morgan fingerprint density at radius 1 is 1.50 bits per heavy atom. The van der Waals surface area contributed by atoms with Crippen molar-refractivity contribution in [3.05, 3.63) is 29.3 Å². The first-order valence-electron chi connectivity index (χ1n) is 4.98. The summed E-state index contributed by atoms with van der Waals surface area (Å²) in [6.45, 7) is 4.59. The van der Waals surface area contributed by atoms with Crippen molar-refractivity contribution in [2.45, 2.75) is 13.8 Å². The summed E-state index contributed by atoms with van der Waals surface area (Å²) in [5, 5.41) is 11.5. The van der Waals surface area contributed by atoms with Crippen LogP contribution < -0.4 is 10.5 Å². The fourth-order valence-corrected chi connectivity index (χ4v) is 1.16. The number of benzene rings is 1. The molecule has 88 valence electrons. The molecule has 5 nitrogen and oxygen atoms in total. The topological polar surface area (TPSA) is 77.1 Å². The fourth-order valence-electron chi connectivity index (χ4n) is 1.16. The van der Waals surface area contributed by atoms with Crippen LogP contribution in [0.4, 0.5) is 0 Å². The molecule has 0 saturated carbocycles. The number of hydrogen-bond donors (Lipinski definition) is 2. The Kier molecular flexibility index (Phi) is 4.60. The molecule has 0 radical (unpaired) electrons. The van der Waals surface area contributed by atoms with Gasteiger partial charge in [-0.15, -0.1) is 0 Å². The molecule has 1 aromatic carbocycles. The van der Waals surface area contributed by atoms with Crippen LogP contribution in [0.3, 0.4) is 0 Å². The van der Waals surface area contributed by atoms with E-state index in [1.807, 2.05) is 19.9 Å². The van der Waals surface area contributed by atoms with Crippen molar-refractivity contribution in [1.82, 2.24) is 0 Å². The number of aryl methyl sites for hydroxylation is 1. The quantitative estimate of drug-likeness (QED) is 0.198. The maximum Gasteiger partial charge on any atom is 0.189 e. The van der Waals surface area contributed by atoms with Gasteiger partial charge >= 0.3 is 0 Å². The van der Waals surface area contributed by atoms with Crippen LogP contribution in [0.2, 0.25) is 0 Å². The predicted octanol–water partition coefficient (Wildman–Crippen LogP) is 1.46. The van der Waals surface area contributed by atoms with E-state index < -0.39 is 0 Å². The minimum Gasteiger partial charge on any atom is -0.467 e. The van der Waals surface area contributed by atoms with E-state index in [9.17, 15) is 0 Å². The molecule has 5 heteroatoms. The Labute approximate surface area is 94.5 Å². The average Bonchev–Trinajstić information content (AvgIpc) is 2.31. The molecule has 0 saturated heterocycles. The van der Waals surface area contributed by atoms with Gasteiger partial charge in [0.05, 0.1) is 0 Å². The Morgan fingerprint density at radius 3 is 2.88 bits per heavy atom. The third kappa shape index (κ3) is 3.13. The van der Waals surface area contributed by atoms with Gasteiger partial charge in [0.25, 0.3) is 0 Å². The van der Waals surface area contributed by atoms with E-state index in [4.69, 9.17) is 20.4 Å². The molecule has 0 unspecified atom stereocenters. The van der Waals surface area contributed by atoms with Gasteiger partial charge in [-0.1, -0.05) is 17.3 Å². The smallest absolute Gasteiger partial charge is 0.189 e.